The molecule has 0 amide bonds. The van der Waals surface area contributed by atoms with E-state index >= 15 is 0 Å². The van der Waals surface area contributed by atoms with Crippen LogP contribution in [-0.4, -0.2) is 43.0 Å². The maximum atomic E-state index is 12.6. The van der Waals surface area contributed by atoms with E-state index in [-0.39, 0.29) is 11.7 Å². The van der Waals surface area contributed by atoms with Gasteiger partial charge in [0, 0.05) is 23.6 Å². The average Bonchev–Trinajstić information content (AvgIpc) is 2.46. The first-order valence-corrected chi connectivity index (χ1v) is 7.03. The monoisotopic (exact) mass is 270 g/mol. The Balaban J connectivity index is 1.79. The van der Waals surface area contributed by atoms with Crippen molar-refractivity contribution < 1.29 is 9.53 Å². The van der Waals surface area contributed by atoms with E-state index in [0.717, 1.165) is 26.1 Å². The third-order valence-corrected chi connectivity index (χ3v) is 4.53. The van der Waals surface area contributed by atoms with Crippen LogP contribution in [-0.2, 0) is 4.74 Å². The first-order chi connectivity index (χ1) is 9.69. The molecule has 3 rings (SSSR count). The number of rotatable bonds is 2. The molecule has 20 heavy (non-hydrogen) atoms. The zero-order chi connectivity index (χ0) is 14.1. The molecule has 2 saturated heterocycles. The number of morpholine rings is 1. The molecular formula is C16H18N2O2. The van der Waals surface area contributed by atoms with Crippen LogP contribution in [0.25, 0.3) is 0 Å². The summed E-state index contributed by atoms with van der Waals surface area (Å²) in [5, 5.41) is 8.94. The van der Waals surface area contributed by atoms with Crippen molar-refractivity contribution >= 4 is 5.78 Å². The minimum Gasteiger partial charge on any atom is -0.378 e. The first kappa shape index (κ1) is 13.3. The number of ether oxygens (including phenoxy) is 1. The van der Waals surface area contributed by atoms with Crippen molar-refractivity contribution in [3.05, 3.63) is 35.4 Å². The highest BCUT2D eigenvalue weighted by Gasteiger charge is 2.39. The summed E-state index contributed by atoms with van der Waals surface area (Å²) >= 11 is 0. The third kappa shape index (κ3) is 2.35. The van der Waals surface area contributed by atoms with Gasteiger partial charge in [-0.25, -0.2) is 0 Å². The number of nitrogens with zero attached hydrogens (tertiary/aromatic N) is 2. The molecule has 4 heteroatoms. The van der Waals surface area contributed by atoms with Crippen LogP contribution in [0.3, 0.4) is 0 Å². The van der Waals surface area contributed by atoms with E-state index in [9.17, 15) is 4.79 Å². The number of carbonyl (C=O) groups is 1. The van der Waals surface area contributed by atoms with Gasteiger partial charge in [-0.05, 0) is 32.0 Å². The zero-order valence-electron chi connectivity index (χ0n) is 11.6. The molecule has 1 aromatic rings. The Kier molecular flexibility index (Phi) is 3.56. The summed E-state index contributed by atoms with van der Waals surface area (Å²) in [5.41, 5.74) is 1.21. The van der Waals surface area contributed by atoms with E-state index in [1.165, 1.54) is 0 Å². The second-order valence-corrected chi connectivity index (χ2v) is 5.74. The van der Waals surface area contributed by atoms with E-state index in [0.29, 0.717) is 23.2 Å². The fraction of sp³-hybridized carbons (Fsp3) is 0.500. The molecule has 0 N–H and O–H groups in total. The summed E-state index contributed by atoms with van der Waals surface area (Å²) < 4.78 is 5.58. The normalized spacial score (nSPS) is 29.7. The molecule has 2 aliphatic heterocycles. The molecule has 0 radical (unpaired) electrons. The van der Waals surface area contributed by atoms with Crippen LogP contribution in [0.15, 0.2) is 24.3 Å². The molecule has 2 aliphatic rings. The van der Waals surface area contributed by atoms with E-state index in [2.05, 4.69) is 18.0 Å². The quantitative estimate of drug-likeness (QED) is 0.770. The fourth-order valence-electron chi connectivity index (χ4n) is 3.29. The number of nitriles is 1. The SMILES string of the molecule is CN1C2COCC1CC(C(=O)c1cccc(C#N)c1)C2. The van der Waals surface area contributed by atoms with Gasteiger partial charge in [0.25, 0.3) is 0 Å². The predicted molar refractivity (Wildman–Crippen MR) is 74.4 cm³/mol. The van der Waals surface area contributed by atoms with Gasteiger partial charge in [0.2, 0.25) is 0 Å². The summed E-state index contributed by atoms with van der Waals surface area (Å²) in [4.78, 5) is 15.0. The number of fused-ring (bicyclic) bond motifs is 2. The molecule has 2 bridgehead atoms. The smallest absolute Gasteiger partial charge is 0.166 e. The Morgan fingerprint density at radius 1 is 1.35 bits per heavy atom. The molecule has 4 nitrogen and oxygen atoms in total. The van der Waals surface area contributed by atoms with Crippen LogP contribution in [0.1, 0.15) is 28.8 Å². The topological polar surface area (TPSA) is 53.3 Å². The second-order valence-electron chi connectivity index (χ2n) is 5.74. The molecule has 104 valence electrons. The lowest BCUT2D eigenvalue weighted by Crippen LogP contribution is -2.55. The molecule has 2 atom stereocenters. The molecule has 2 heterocycles. The number of ketones is 1. The Bertz CT molecular complexity index is 550. The van der Waals surface area contributed by atoms with E-state index < -0.39 is 0 Å². The standard InChI is InChI=1S/C16H18N2O2/c1-18-14-6-13(7-15(18)10-20-9-14)16(19)12-4-2-3-11(5-12)8-17/h2-5,13-15H,6-7,9-10H2,1H3. The molecule has 0 spiro atoms. The summed E-state index contributed by atoms with van der Waals surface area (Å²) in [6.45, 7) is 1.43. The van der Waals surface area contributed by atoms with E-state index in [1.807, 2.05) is 6.07 Å². The Morgan fingerprint density at radius 2 is 2.05 bits per heavy atom. The van der Waals surface area contributed by atoms with Crippen LogP contribution < -0.4 is 0 Å². The van der Waals surface area contributed by atoms with Crippen LogP contribution >= 0.6 is 0 Å². The van der Waals surface area contributed by atoms with Gasteiger partial charge in [-0.1, -0.05) is 12.1 Å². The predicted octanol–water partition coefficient (Wildman–Crippen LogP) is 1.85. The number of benzene rings is 1. The molecule has 2 fully saturated rings. The van der Waals surface area contributed by atoms with Crippen molar-refractivity contribution in [1.29, 1.82) is 5.26 Å². The average molecular weight is 270 g/mol. The lowest BCUT2D eigenvalue weighted by atomic mass is 9.81. The Hall–Kier alpha value is -1.70. The second kappa shape index (κ2) is 5.35. The van der Waals surface area contributed by atoms with Crippen molar-refractivity contribution in [1.82, 2.24) is 4.90 Å². The van der Waals surface area contributed by atoms with Crippen LogP contribution in [0.4, 0.5) is 0 Å². The van der Waals surface area contributed by atoms with Gasteiger partial charge in [-0.3, -0.25) is 9.69 Å². The molecular weight excluding hydrogens is 252 g/mol. The maximum Gasteiger partial charge on any atom is 0.166 e. The van der Waals surface area contributed by atoms with Gasteiger partial charge in [0.15, 0.2) is 5.78 Å². The molecule has 0 aliphatic carbocycles. The minimum atomic E-state index is 0.0547. The molecule has 0 saturated carbocycles. The number of piperidine rings is 1. The lowest BCUT2D eigenvalue weighted by Gasteiger charge is -2.46. The van der Waals surface area contributed by atoms with Crippen molar-refractivity contribution in [2.75, 3.05) is 20.3 Å². The molecule has 0 aromatic heterocycles. The Labute approximate surface area is 118 Å². The highest BCUT2D eigenvalue weighted by molar-refractivity contribution is 5.98. The lowest BCUT2D eigenvalue weighted by molar-refractivity contribution is -0.0702. The highest BCUT2D eigenvalue weighted by Crippen LogP contribution is 2.32. The van der Waals surface area contributed by atoms with Crippen molar-refractivity contribution in [2.45, 2.75) is 24.9 Å². The van der Waals surface area contributed by atoms with E-state index in [1.54, 1.807) is 18.2 Å². The molecule has 2 unspecified atom stereocenters. The highest BCUT2D eigenvalue weighted by atomic mass is 16.5. The van der Waals surface area contributed by atoms with Gasteiger partial charge in [-0.2, -0.15) is 5.26 Å². The summed E-state index contributed by atoms with van der Waals surface area (Å²) in [5.74, 6) is 0.228. The van der Waals surface area contributed by atoms with Crippen LogP contribution in [0.2, 0.25) is 0 Å². The fourth-order valence-corrected chi connectivity index (χ4v) is 3.29. The van der Waals surface area contributed by atoms with E-state index in [4.69, 9.17) is 10.00 Å². The number of likely N-dealkylation sites (N-methyl/N-ethyl adjacent to an activating group) is 1. The number of hydrogen-bond acceptors (Lipinski definition) is 4. The summed E-state index contributed by atoms with van der Waals surface area (Å²) in [7, 11) is 2.12. The van der Waals surface area contributed by atoms with Gasteiger partial charge in [0.1, 0.15) is 0 Å². The van der Waals surface area contributed by atoms with Crippen molar-refractivity contribution in [2.24, 2.45) is 5.92 Å². The number of carbonyl (C=O) groups excluding carboxylic acids is 1. The summed E-state index contributed by atoms with van der Waals surface area (Å²) in [6, 6.07) is 9.81. The van der Waals surface area contributed by atoms with Gasteiger partial charge in [0.05, 0.1) is 24.8 Å². The van der Waals surface area contributed by atoms with Gasteiger partial charge < -0.3 is 4.74 Å². The summed E-state index contributed by atoms with van der Waals surface area (Å²) in [6.07, 6.45) is 1.70. The van der Waals surface area contributed by atoms with Crippen molar-refractivity contribution in [3.63, 3.8) is 0 Å². The van der Waals surface area contributed by atoms with Gasteiger partial charge in [-0.15, -0.1) is 0 Å². The van der Waals surface area contributed by atoms with Gasteiger partial charge >= 0.3 is 0 Å². The maximum absolute atomic E-state index is 12.6. The third-order valence-electron chi connectivity index (χ3n) is 4.53. The van der Waals surface area contributed by atoms with Crippen LogP contribution in [0, 0.1) is 17.2 Å². The van der Waals surface area contributed by atoms with Crippen LogP contribution in [0.5, 0.6) is 0 Å². The number of Topliss-reactive ketones (excluding diaryl/α,β-unsaturated/α-hetero) is 1. The Morgan fingerprint density at radius 3 is 2.70 bits per heavy atom. The zero-order valence-corrected chi connectivity index (χ0v) is 11.6. The largest absolute Gasteiger partial charge is 0.378 e. The first-order valence-electron chi connectivity index (χ1n) is 7.03. The number of hydrogen-bond donors (Lipinski definition) is 0. The van der Waals surface area contributed by atoms with Crippen molar-refractivity contribution in [3.8, 4) is 6.07 Å². The molecule has 1 aromatic carbocycles. The minimum absolute atomic E-state index is 0.0547.